The van der Waals surface area contributed by atoms with E-state index in [1.54, 1.807) is 0 Å². The predicted octanol–water partition coefficient (Wildman–Crippen LogP) is 3.60. The molecule has 1 saturated carbocycles. The van der Waals surface area contributed by atoms with Crippen molar-refractivity contribution in [1.82, 2.24) is 10.3 Å². The fraction of sp³-hybridized carbons (Fsp3) is 0.706. The van der Waals surface area contributed by atoms with Gasteiger partial charge in [-0.15, -0.1) is 0 Å². The van der Waals surface area contributed by atoms with Gasteiger partial charge in [0.25, 0.3) is 0 Å². The van der Waals surface area contributed by atoms with Crippen LogP contribution in [0.3, 0.4) is 0 Å². The normalized spacial score (nSPS) is 14.8. The standard InChI is InChI=1S/C17H29N3/c1-4-11-18-13-15-6-5-7-17(19-15)20(16-8-9-16)12-10-14(2)3/h5-7,14,16,18H,4,8-13H2,1-3H3. The zero-order valence-corrected chi connectivity index (χ0v) is 13.2. The van der Waals surface area contributed by atoms with Crippen molar-refractivity contribution < 1.29 is 0 Å². The zero-order chi connectivity index (χ0) is 14.4. The first kappa shape index (κ1) is 15.3. The highest BCUT2D eigenvalue weighted by atomic mass is 15.2. The van der Waals surface area contributed by atoms with E-state index >= 15 is 0 Å². The highest BCUT2D eigenvalue weighted by Gasteiger charge is 2.29. The average Bonchev–Trinajstić information content (AvgIpc) is 3.24. The number of nitrogens with one attached hydrogen (secondary N) is 1. The van der Waals surface area contributed by atoms with Gasteiger partial charge in [-0.25, -0.2) is 4.98 Å². The third-order valence-corrected chi connectivity index (χ3v) is 3.75. The quantitative estimate of drug-likeness (QED) is 0.698. The van der Waals surface area contributed by atoms with Gasteiger partial charge in [0, 0.05) is 19.1 Å². The smallest absolute Gasteiger partial charge is 0.129 e. The zero-order valence-electron chi connectivity index (χ0n) is 13.2. The molecule has 0 bridgehead atoms. The van der Waals surface area contributed by atoms with Crippen molar-refractivity contribution in [2.45, 2.75) is 59.0 Å². The van der Waals surface area contributed by atoms with Gasteiger partial charge in [-0.1, -0.05) is 26.8 Å². The highest BCUT2D eigenvalue weighted by Crippen LogP contribution is 2.31. The Labute approximate surface area is 123 Å². The van der Waals surface area contributed by atoms with Gasteiger partial charge in [0.1, 0.15) is 5.82 Å². The number of nitrogens with zero attached hydrogens (tertiary/aromatic N) is 2. The Morgan fingerprint density at radius 1 is 1.35 bits per heavy atom. The molecular weight excluding hydrogens is 246 g/mol. The second kappa shape index (κ2) is 7.63. The van der Waals surface area contributed by atoms with Gasteiger partial charge < -0.3 is 10.2 Å². The minimum Gasteiger partial charge on any atom is -0.354 e. The van der Waals surface area contributed by atoms with Gasteiger partial charge >= 0.3 is 0 Å². The third-order valence-electron chi connectivity index (χ3n) is 3.75. The van der Waals surface area contributed by atoms with Gasteiger partial charge in [-0.05, 0) is 50.3 Å². The Balaban J connectivity index is 1.98. The van der Waals surface area contributed by atoms with Crippen LogP contribution in [0.1, 0.15) is 52.1 Å². The second-order valence-corrected chi connectivity index (χ2v) is 6.27. The fourth-order valence-corrected chi connectivity index (χ4v) is 2.39. The second-order valence-electron chi connectivity index (χ2n) is 6.27. The van der Waals surface area contributed by atoms with E-state index in [0.717, 1.165) is 37.3 Å². The van der Waals surface area contributed by atoms with Crippen LogP contribution in [0, 0.1) is 5.92 Å². The van der Waals surface area contributed by atoms with Crippen molar-refractivity contribution in [3.8, 4) is 0 Å². The van der Waals surface area contributed by atoms with Crippen molar-refractivity contribution in [2.24, 2.45) is 5.92 Å². The van der Waals surface area contributed by atoms with Gasteiger partial charge in [0.2, 0.25) is 0 Å². The van der Waals surface area contributed by atoms with E-state index in [4.69, 9.17) is 4.98 Å². The Morgan fingerprint density at radius 2 is 2.15 bits per heavy atom. The van der Waals surface area contributed by atoms with Crippen LogP contribution >= 0.6 is 0 Å². The molecule has 0 unspecified atom stereocenters. The molecule has 0 atom stereocenters. The molecule has 2 rings (SSSR count). The topological polar surface area (TPSA) is 28.2 Å². The molecular formula is C17H29N3. The number of aromatic nitrogens is 1. The fourth-order valence-electron chi connectivity index (χ4n) is 2.39. The molecule has 0 spiro atoms. The van der Waals surface area contributed by atoms with Crippen molar-refractivity contribution >= 4 is 5.82 Å². The maximum Gasteiger partial charge on any atom is 0.129 e. The molecule has 1 aliphatic rings. The summed E-state index contributed by atoms with van der Waals surface area (Å²) in [5.41, 5.74) is 1.16. The Bertz CT molecular complexity index is 399. The summed E-state index contributed by atoms with van der Waals surface area (Å²) in [5, 5.41) is 3.43. The van der Waals surface area contributed by atoms with Crippen LogP contribution in [0.5, 0.6) is 0 Å². The maximum atomic E-state index is 4.85. The van der Waals surface area contributed by atoms with E-state index < -0.39 is 0 Å². The van der Waals surface area contributed by atoms with Crippen molar-refractivity contribution in [2.75, 3.05) is 18.0 Å². The summed E-state index contributed by atoms with van der Waals surface area (Å²) < 4.78 is 0. The van der Waals surface area contributed by atoms with Gasteiger partial charge in [-0.3, -0.25) is 0 Å². The van der Waals surface area contributed by atoms with Gasteiger partial charge in [0.15, 0.2) is 0 Å². The van der Waals surface area contributed by atoms with E-state index in [2.05, 4.69) is 49.2 Å². The molecule has 0 aromatic carbocycles. The van der Waals surface area contributed by atoms with E-state index in [9.17, 15) is 0 Å². The monoisotopic (exact) mass is 275 g/mol. The first-order valence-electron chi connectivity index (χ1n) is 8.14. The first-order chi connectivity index (χ1) is 9.70. The molecule has 1 heterocycles. The van der Waals surface area contributed by atoms with Crippen LogP contribution in [-0.2, 0) is 6.54 Å². The first-order valence-corrected chi connectivity index (χ1v) is 8.14. The Kier molecular flexibility index (Phi) is 5.84. The van der Waals surface area contributed by atoms with Crippen molar-refractivity contribution in [3.05, 3.63) is 23.9 Å². The van der Waals surface area contributed by atoms with Crippen molar-refractivity contribution in [3.63, 3.8) is 0 Å². The molecule has 1 fully saturated rings. The molecule has 1 aromatic rings. The lowest BCUT2D eigenvalue weighted by atomic mass is 10.1. The third kappa shape index (κ3) is 4.78. The van der Waals surface area contributed by atoms with Crippen LogP contribution < -0.4 is 10.2 Å². The summed E-state index contributed by atoms with van der Waals surface area (Å²) >= 11 is 0. The average molecular weight is 275 g/mol. The van der Waals surface area contributed by atoms with E-state index in [0.29, 0.717) is 0 Å². The molecule has 0 amide bonds. The highest BCUT2D eigenvalue weighted by molar-refractivity contribution is 5.42. The molecule has 3 heteroatoms. The molecule has 0 radical (unpaired) electrons. The lowest BCUT2D eigenvalue weighted by Gasteiger charge is -2.25. The van der Waals surface area contributed by atoms with Crippen molar-refractivity contribution in [1.29, 1.82) is 0 Å². The Hall–Kier alpha value is -1.09. The van der Waals surface area contributed by atoms with Gasteiger partial charge in [0.05, 0.1) is 5.69 Å². The predicted molar refractivity (Wildman–Crippen MR) is 86.1 cm³/mol. The van der Waals surface area contributed by atoms with Crippen LogP contribution in [0.25, 0.3) is 0 Å². The summed E-state index contributed by atoms with van der Waals surface area (Å²) in [5.74, 6) is 1.93. The number of hydrogen-bond acceptors (Lipinski definition) is 3. The minimum absolute atomic E-state index is 0.736. The number of anilines is 1. The molecule has 20 heavy (non-hydrogen) atoms. The summed E-state index contributed by atoms with van der Waals surface area (Å²) in [4.78, 5) is 7.36. The molecule has 3 nitrogen and oxygen atoms in total. The summed E-state index contributed by atoms with van der Waals surface area (Å²) in [6.07, 6.45) is 5.08. The molecule has 0 aliphatic heterocycles. The summed E-state index contributed by atoms with van der Waals surface area (Å²) in [7, 11) is 0. The van der Waals surface area contributed by atoms with E-state index in [-0.39, 0.29) is 0 Å². The number of pyridine rings is 1. The summed E-state index contributed by atoms with van der Waals surface area (Å²) in [6.45, 7) is 9.86. The number of rotatable bonds is 9. The summed E-state index contributed by atoms with van der Waals surface area (Å²) in [6, 6.07) is 7.18. The Morgan fingerprint density at radius 3 is 2.80 bits per heavy atom. The lowest BCUT2D eigenvalue weighted by molar-refractivity contribution is 0.567. The SMILES string of the molecule is CCCNCc1cccc(N(CCC(C)C)C2CC2)n1. The molecule has 1 aromatic heterocycles. The molecule has 112 valence electrons. The van der Waals surface area contributed by atoms with Crippen LogP contribution in [0.4, 0.5) is 5.82 Å². The molecule has 0 saturated heterocycles. The minimum atomic E-state index is 0.736. The maximum absolute atomic E-state index is 4.85. The molecule has 1 aliphatic carbocycles. The van der Waals surface area contributed by atoms with Gasteiger partial charge in [-0.2, -0.15) is 0 Å². The molecule has 1 N–H and O–H groups in total. The van der Waals surface area contributed by atoms with Crippen LogP contribution in [0.2, 0.25) is 0 Å². The number of hydrogen-bond donors (Lipinski definition) is 1. The van der Waals surface area contributed by atoms with E-state index in [1.165, 1.54) is 31.5 Å². The van der Waals surface area contributed by atoms with Crippen LogP contribution in [0.15, 0.2) is 18.2 Å². The lowest BCUT2D eigenvalue weighted by Crippen LogP contribution is -2.29. The largest absolute Gasteiger partial charge is 0.354 e. The van der Waals surface area contributed by atoms with E-state index in [1.807, 2.05) is 0 Å². The van der Waals surface area contributed by atoms with Crippen LogP contribution in [-0.4, -0.2) is 24.1 Å².